The van der Waals surface area contributed by atoms with Gasteiger partial charge in [0.1, 0.15) is 0 Å². The highest BCUT2D eigenvalue weighted by molar-refractivity contribution is 5.29. The van der Waals surface area contributed by atoms with Gasteiger partial charge in [-0.25, -0.2) is 5.10 Å². The van der Waals surface area contributed by atoms with Gasteiger partial charge in [-0.1, -0.05) is 6.92 Å². The molecule has 6 nitrogen and oxygen atoms in total. The molecule has 0 aliphatic heterocycles. The van der Waals surface area contributed by atoms with Gasteiger partial charge in [-0.15, -0.1) is 5.10 Å². The molecule has 0 aromatic carbocycles. The van der Waals surface area contributed by atoms with Gasteiger partial charge in [0.25, 0.3) is 0 Å². The Morgan fingerprint density at radius 1 is 1.75 bits per heavy atom. The molecule has 68 valence electrons. The Kier molecular flexibility index (Phi) is 2.87. The van der Waals surface area contributed by atoms with E-state index >= 15 is 0 Å². The third-order valence-electron chi connectivity index (χ3n) is 1.42. The lowest BCUT2D eigenvalue weighted by molar-refractivity contribution is 0.244. The second-order valence-corrected chi connectivity index (χ2v) is 2.71. The summed E-state index contributed by atoms with van der Waals surface area (Å²) in [7, 11) is 0. The van der Waals surface area contributed by atoms with E-state index in [0.717, 1.165) is 0 Å². The Balaban J connectivity index is 2.33. The predicted molar refractivity (Wildman–Crippen MR) is 45.5 cm³/mol. The van der Waals surface area contributed by atoms with Crippen molar-refractivity contribution in [2.24, 2.45) is 5.92 Å². The van der Waals surface area contributed by atoms with Crippen LogP contribution in [0.5, 0.6) is 0 Å². The highest BCUT2D eigenvalue weighted by Crippen LogP contribution is 2.00. The minimum absolute atomic E-state index is 0.146. The number of rotatable bonds is 4. The number of nitrogens with one attached hydrogen (secondary N) is 2. The minimum Gasteiger partial charge on any atom is -0.396 e. The molecule has 1 rings (SSSR count). The highest BCUT2D eigenvalue weighted by atomic mass is 16.3. The molecule has 1 aromatic heterocycles. The van der Waals surface area contributed by atoms with E-state index in [0.29, 0.717) is 12.5 Å². The lowest BCUT2D eigenvalue weighted by atomic mass is 10.2. The van der Waals surface area contributed by atoms with Crippen LogP contribution in [0, 0.1) is 5.92 Å². The summed E-state index contributed by atoms with van der Waals surface area (Å²) in [6.45, 7) is 2.70. The van der Waals surface area contributed by atoms with Gasteiger partial charge >= 0.3 is 0 Å². The van der Waals surface area contributed by atoms with Crippen LogP contribution in [-0.4, -0.2) is 33.4 Å². The van der Waals surface area contributed by atoms with E-state index in [4.69, 9.17) is 10.8 Å². The zero-order valence-corrected chi connectivity index (χ0v) is 6.91. The Hall–Kier alpha value is -1.30. The molecule has 0 radical (unpaired) electrons. The van der Waals surface area contributed by atoms with Crippen LogP contribution in [0.15, 0.2) is 0 Å². The summed E-state index contributed by atoms with van der Waals surface area (Å²) in [6, 6.07) is 0. The Morgan fingerprint density at radius 3 is 3.00 bits per heavy atom. The molecule has 0 saturated carbocycles. The number of anilines is 2. The summed E-state index contributed by atoms with van der Waals surface area (Å²) in [4.78, 5) is 3.84. The van der Waals surface area contributed by atoms with Crippen molar-refractivity contribution in [1.82, 2.24) is 15.2 Å². The number of aromatic nitrogens is 3. The lowest BCUT2D eigenvalue weighted by Crippen LogP contribution is -2.15. The van der Waals surface area contributed by atoms with Gasteiger partial charge in [0, 0.05) is 13.2 Å². The Bertz CT molecular complexity index is 236. The van der Waals surface area contributed by atoms with E-state index in [1.807, 2.05) is 6.92 Å². The molecule has 0 saturated heterocycles. The van der Waals surface area contributed by atoms with Crippen LogP contribution in [0.25, 0.3) is 0 Å². The number of nitrogens with zero attached hydrogens (tertiary/aromatic N) is 2. The van der Waals surface area contributed by atoms with Gasteiger partial charge < -0.3 is 16.2 Å². The van der Waals surface area contributed by atoms with Gasteiger partial charge in [-0.2, -0.15) is 4.98 Å². The molecular formula is C6H13N5O. The zero-order chi connectivity index (χ0) is 8.97. The summed E-state index contributed by atoms with van der Waals surface area (Å²) >= 11 is 0. The van der Waals surface area contributed by atoms with Gasteiger partial charge in [-0.05, 0) is 5.92 Å². The predicted octanol–water partition coefficient (Wildman–Crippen LogP) is -0.573. The van der Waals surface area contributed by atoms with Crippen molar-refractivity contribution < 1.29 is 5.11 Å². The fourth-order valence-corrected chi connectivity index (χ4v) is 0.683. The van der Waals surface area contributed by atoms with Gasteiger partial charge in [0.05, 0.1) is 0 Å². The highest BCUT2D eigenvalue weighted by Gasteiger charge is 2.02. The normalized spacial score (nSPS) is 12.8. The monoisotopic (exact) mass is 171 g/mol. The van der Waals surface area contributed by atoms with Crippen LogP contribution in [-0.2, 0) is 0 Å². The first-order valence-electron chi connectivity index (χ1n) is 3.75. The first-order chi connectivity index (χ1) is 5.72. The molecular weight excluding hydrogens is 158 g/mol. The summed E-state index contributed by atoms with van der Waals surface area (Å²) < 4.78 is 0. The maximum absolute atomic E-state index is 8.70. The number of aliphatic hydroxyl groups is 1. The molecule has 0 spiro atoms. The molecule has 1 heterocycles. The van der Waals surface area contributed by atoms with E-state index in [2.05, 4.69) is 20.5 Å². The van der Waals surface area contributed by atoms with E-state index in [1.165, 1.54) is 0 Å². The molecule has 1 aromatic rings. The molecule has 12 heavy (non-hydrogen) atoms. The number of hydrogen-bond acceptors (Lipinski definition) is 5. The molecule has 0 aliphatic carbocycles. The number of nitrogen functional groups attached to an aromatic ring is 1. The van der Waals surface area contributed by atoms with Crippen molar-refractivity contribution in [2.45, 2.75) is 6.92 Å². The third kappa shape index (κ3) is 2.39. The van der Waals surface area contributed by atoms with Crippen LogP contribution >= 0.6 is 0 Å². The first-order valence-corrected chi connectivity index (χ1v) is 3.75. The maximum atomic E-state index is 8.70. The van der Waals surface area contributed by atoms with Crippen molar-refractivity contribution >= 4 is 11.9 Å². The number of aliphatic hydroxyl groups excluding tert-OH is 1. The maximum Gasteiger partial charge on any atom is 0.243 e. The molecule has 0 bridgehead atoms. The SMILES string of the molecule is CC(CO)CNc1n[nH]c(N)n1. The van der Waals surface area contributed by atoms with E-state index in [9.17, 15) is 0 Å². The van der Waals surface area contributed by atoms with Gasteiger partial charge in [0.2, 0.25) is 11.9 Å². The van der Waals surface area contributed by atoms with Crippen LogP contribution in [0.1, 0.15) is 6.92 Å². The third-order valence-corrected chi connectivity index (χ3v) is 1.42. The van der Waals surface area contributed by atoms with Crippen LogP contribution < -0.4 is 11.1 Å². The number of nitrogens with two attached hydrogens (primary N) is 1. The molecule has 6 heteroatoms. The second-order valence-electron chi connectivity index (χ2n) is 2.71. The van der Waals surface area contributed by atoms with Crippen molar-refractivity contribution in [3.63, 3.8) is 0 Å². The van der Waals surface area contributed by atoms with Crippen molar-refractivity contribution in [1.29, 1.82) is 0 Å². The fourth-order valence-electron chi connectivity index (χ4n) is 0.683. The van der Waals surface area contributed by atoms with Crippen molar-refractivity contribution in [3.05, 3.63) is 0 Å². The standard InChI is InChI=1S/C6H13N5O/c1-4(3-12)2-8-6-9-5(7)10-11-6/h4,12H,2-3H2,1H3,(H4,7,8,9,10,11). The Labute approximate surface area is 70.2 Å². The largest absolute Gasteiger partial charge is 0.396 e. The summed E-state index contributed by atoms with van der Waals surface area (Å²) in [5.74, 6) is 0.937. The van der Waals surface area contributed by atoms with E-state index in [1.54, 1.807) is 0 Å². The molecule has 1 unspecified atom stereocenters. The summed E-state index contributed by atoms with van der Waals surface area (Å²) in [6.07, 6.45) is 0. The molecule has 0 fully saturated rings. The minimum atomic E-state index is 0.146. The molecule has 0 amide bonds. The summed E-state index contributed by atoms with van der Waals surface area (Å²) in [5.41, 5.74) is 5.30. The second kappa shape index (κ2) is 3.91. The van der Waals surface area contributed by atoms with Crippen LogP contribution in [0.3, 0.4) is 0 Å². The molecule has 0 aliphatic rings. The summed E-state index contributed by atoms with van der Waals surface area (Å²) in [5, 5.41) is 17.9. The topological polar surface area (TPSA) is 99.8 Å². The molecule has 1 atom stereocenters. The fraction of sp³-hybridized carbons (Fsp3) is 0.667. The van der Waals surface area contributed by atoms with Crippen LogP contribution in [0.4, 0.5) is 11.9 Å². The number of H-pyrrole nitrogens is 1. The van der Waals surface area contributed by atoms with E-state index < -0.39 is 0 Å². The number of hydrogen-bond donors (Lipinski definition) is 4. The van der Waals surface area contributed by atoms with E-state index in [-0.39, 0.29) is 18.5 Å². The first kappa shape index (κ1) is 8.79. The average molecular weight is 171 g/mol. The zero-order valence-electron chi connectivity index (χ0n) is 6.91. The quantitative estimate of drug-likeness (QED) is 0.486. The van der Waals surface area contributed by atoms with Crippen molar-refractivity contribution in [2.75, 3.05) is 24.2 Å². The lowest BCUT2D eigenvalue weighted by Gasteiger charge is -2.06. The average Bonchev–Trinajstić information content (AvgIpc) is 2.47. The number of aromatic amines is 1. The smallest absolute Gasteiger partial charge is 0.243 e. The van der Waals surface area contributed by atoms with Crippen molar-refractivity contribution in [3.8, 4) is 0 Å². The Morgan fingerprint density at radius 2 is 2.50 bits per heavy atom. The molecule has 5 N–H and O–H groups in total. The van der Waals surface area contributed by atoms with Gasteiger partial charge in [0.15, 0.2) is 0 Å². The van der Waals surface area contributed by atoms with Crippen LogP contribution in [0.2, 0.25) is 0 Å². The van der Waals surface area contributed by atoms with Gasteiger partial charge in [-0.3, -0.25) is 0 Å².